The van der Waals surface area contributed by atoms with E-state index in [9.17, 15) is 0 Å². The van der Waals surface area contributed by atoms with E-state index < -0.39 is 0 Å². The molecule has 1 aliphatic carbocycles. The second kappa shape index (κ2) is 4.79. The van der Waals surface area contributed by atoms with Crippen molar-refractivity contribution in [1.82, 2.24) is 4.90 Å². The lowest BCUT2D eigenvalue weighted by Gasteiger charge is -2.33. The van der Waals surface area contributed by atoms with Crippen LogP contribution in [0.2, 0.25) is 0 Å². The van der Waals surface area contributed by atoms with Crippen molar-refractivity contribution in [3.63, 3.8) is 0 Å². The molecule has 1 saturated heterocycles. The van der Waals surface area contributed by atoms with Gasteiger partial charge in [0, 0.05) is 12.6 Å². The molecule has 17 heavy (non-hydrogen) atoms. The summed E-state index contributed by atoms with van der Waals surface area (Å²) in [5, 5.41) is 0. The average molecular weight is 230 g/mol. The first-order valence-electron chi connectivity index (χ1n) is 6.90. The minimum Gasteiger partial charge on any atom is -0.330 e. The molecule has 1 aromatic rings. The first kappa shape index (κ1) is 11.2. The fraction of sp³-hybridized carbons (Fsp3) is 0.600. The van der Waals surface area contributed by atoms with Crippen LogP contribution in [-0.4, -0.2) is 24.5 Å². The molecule has 0 radical (unpaired) electrons. The second-order valence-electron chi connectivity index (χ2n) is 5.49. The molecule has 1 aromatic carbocycles. The zero-order valence-electron chi connectivity index (χ0n) is 10.4. The van der Waals surface area contributed by atoms with Crippen LogP contribution in [0.25, 0.3) is 0 Å². The van der Waals surface area contributed by atoms with Crippen molar-refractivity contribution in [3.8, 4) is 0 Å². The highest BCUT2D eigenvalue weighted by molar-refractivity contribution is 5.32. The van der Waals surface area contributed by atoms with Gasteiger partial charge in [0.05, 0.1) is 0 Å². The first-order chi connectivity index (χ1) is 8.38. The van der Waals surface area contributed by atoms with Gasteiger partial charge in [0.15, 0.2) is 0 Å². The summed E-state index contributed by atoms with van der Waals surface area (Å²) in [6.45, 7) is 3.29. The molecule has 2 nitrogen and oxygen atoms in total. The third kappa shape index (κ3) is 2.12. The lowest BCUT2D eigenvalue weighted by atomic mass is 9.87. The Morgan fingerprint density at radius 3 is 2.94 bits per heavy atom. The van der Waals surface area contributed by atoms with Crippen molar-refractivity contribution >= 4 is 0 Å². The Morgan fingerprint density at radius 2 is 2.12 bits per heavy atom. The van der Waals surface area contributed by atoms with Crippen LogP contribution in [0.4, 0.5) is 0 Å². The Balaban J connectivity index is 1.81. The Hall–Kier alpha value is -0.860. The molecule has 1 heterocycles. The van der Waals surface area contributed by atoms with Crippen molar-refractivity contribution in [2.24, 2.45) is 11.7 Å². The van der Waals surface area contributed by atoms with Crippen LogP contribution in [0.5, 0.6) is 0 Å². The molecule has 92 valence electrons. The summed E-state index contributed by atoms with van der Waals surface area (Å²) in [4.78, 5) is 2.66. The fourth-order valence-electron chi connectivity index (χ4n) is 3.45. The topological polar surface area (TPSA) is 29.3 Å². The monoisotopic (exact) mass is 230 g/mol. The Bertz CT molecular complexity index is 388. The lowest BCUT2D eigenvalue weighted by Crippen LogP contribution is -2.30. The standard InChI is InChI=1S/C15H22N2/c16-10-12-8-9-17(11-12)15-7-3-5-13-4-1-2-6-14(13)15/h1-2,4,6,12,15H,3,5,7-11,16H2. The average Bonchev–Trinajstić information content (AvgIpc) is 2.87. The van der Waals surface area contributed by atoms with Gasteiger partial charge in [0.2, 0.25) is 0 Å². The van der Waals surface area contributed by atoms with E-state index in [1.165, 1.54) is 38.8 Å². The van der Waals surface area contributed by atoms with Crippen LogP contribution in [0.3, 0.4) is 0 Å². The quantitative estimate of drug-likeness (QED) is 0.845. The zero-order chi connectivity index (χ0) is 11.7. The number of hydrogen-bond acceptors (Lipinski definition) is 2. The van der Waals surface area contributed by atoms with Crippen molar-refractivity contribution < 1.29 is 0 Å². The largest absolute Gasteiger partial charge is 0.330 e. The van der Waals surface area contributed by atoms with Crippen molar-refractivity contribution in [2.45, 2.75) is 31.7 Å². The molecule has 2 aliphatic rings. The van der Waals surface area contributed by atoms with Crippen LogP contribution in [-0.2, 0) is 6.42 Å². The van der Waals surface area contributed by atoms with Gasteiger partial charge in [-0.25, -0.2) is 0 Å². The number of aryl methyl sites for hydroxylation is 1. The number of nitrogens with two attached hydrogens (primary N) is 1. The Morgan fingerprint density at radius 1 is 1.24 bits per heavy atom. The number of hydrogen-bond donors (Lipinski definition) is 1. The van der Waals surface area contributed by atoms with E-state index >= 15 is 0 Å². The minimum atomic E-state index is 0.663. The van der Waals surface area contributed by atoms with E-state index in [-0.39, 0.29) is 0 Å². The van der Waals surface area contributed by atoms with Crippen LogP contribution in [0.1, 0.15) is 36.4 Å². The molecular weight excluding hydrogens is 208 g/mol. The first-order valence-corrected chi connectivity index (χ1v) is 6.90. The SMILES string of the molecule is NCC1CCN(C2CCCc3ccccc32)C1. The van der Waals surface area contributed by atoms with Gasteiger partial charge >= 0.3 is 0 Å². The summed E-state index contributed by atoms with van der Waals surface area (Å²) in [6, 6.07) is 9.66. The number of rotatable bonds is 2. The molecular formula is C15H22N2. The summed E-state index contributed by atoms with van der Waals surface area (Å²) < 4.78 is 0. The maximum Gasteiger partial charge on any atom is 0.0351 e. The van der Waals surface area contributed by atoms with E-state index in [1.807, 2.05) is 0 Å². The molecule has 3 rings (SSSR count). The van der Waals surface area contributed by atoms with Crippen LogP contribution in [0.15, 0.2) is 24.3 Å². The predicted molar refractivity (Wildman–Crippen MR) is 70.9 cm³/mol. The van der Waals surface area contributed by atoms with Crippen LogP contribution in [0, 0.1) is 5.92 Å². The van der Waals surface area contributed by atoms with E-state index in [2.05, 4.69) is 29.2 Å². The van der Waals surface area contributed by atoms with Gasteiger partial charge in [-0.05, 0) is 55.8 Å². The minimum absolute atomic E-state index is 0.663. The van der Waals surface area contributed by atoms with Crippen LogP contribution >= 0.6 is 0 Å². The van der Waals surface area contributed by atoms with Crippen molar-refractivity contribution in [3.05, 3.63) is 35.4 Å². The van der Waals surface area contributed by atoms with E-state index in [1.54, 1.807) is 11.1 Å². The van der Waals surface area contributed by atoms with Gasteiger partial charge in [-0.2, -0.15) is 0 Å². The van der Waals surface area contributed by atoms with Crippen LogP contribution < -0.4 is 5.73 Å². The molecule has 0 bridgehead atoms. The molecule has 0 saturated carbocycles. The summed E-state index contributed by atoms with van der Waals surface area (Å²) in [5.41, 5.74) is 8.94. The van der Waals surface area contributed by atoms with Gasteiger partial charge in [-0.1, -0.05) is 24.3 Å². The summed E-state index contributed by atoms with van der Waals surface area (Å²) >= 11 is 0. The maximum atomic E-state index is 5.79. The lowest BCUT2D eigenvalue weighted by molar-refractivity contribution is 0.214. The molecule has 0 spiro atoms. The zero-order valence-corrected chi connectivity index (χ0v) is 10.4. The van der Waals surface area contributed by atoms with Gasteiger partial charge < -0.3 is 5.73 Å². The third-order valence-electron chi connectivity index (χ3n) is 4.43. The molecule has 2 atom stereocenters. The highest BCUT2D eigenvalue weighted by Gasteiger charge is 2.30. The smallest absolute Gasteiger partial charge is 0.0351 e. The van der Waals surface area contributed by atoms with E-state index in [0.717, 1.165) is 12.5 Å². The third-order valence-corrected chi connectivity index (χ3v) is 4.43. The summed E-state index contributed by atoms with van der Waals surface area (Å²) in [6.07, 6.45) is 5.22. The summed E-state index contributed by atoms with van der Waals surface area (Å²) in [7, 11) is 0. The Kier molecular flexibility index (Phi) is 3.17. The highest BCUT2D eigenvalue weighted by atomic mass is 15.2. The molecule has 1 aliphatic heterocycles. The maximum absolute atomic E-state index is 5.79. The molecule has 0 aromatic heterocycles. The molecule has 2 heteroatoms. The number of likely N-dealkylation sites (tertiary alicyclic amines) is 1. The van der Waals surface area contributed by atoms with Gasteiger partial charge in [0.25, 0.3) is 0 Å². The highest BCUT2D eigenvalue weighted by Crippen LogP contribution is 2.36. The van der Waals surface area contributed by atoms with Gasteiger partial charge in [-0.15, -0.1) is 0 Å². The number of benzene rings is 1. The molecule has 2 N–H and O–H groups in total. The van der Waals surface area contributed by atoms with E-state index in [4.69, 9.17) is 5.73 Å². The molecule has 0 amide bonds. The number of fused-ring (bicyclic) bond motifs is 1. The van der Waals surface area contributed by atoms with Crippen molar-refractivity contribution in [1.29, 1.82) is 0 Å². The van der Waals surface area contributed by atoms with E-state index in [0.29, 0.717) is 6.04 Å². The number of nitrogens with zero attached hydrogens (tertiary/aromatic N) is 1. The summed E-state index contributed by atoms with van der Waals surface area (Å²) in [5.74, 6) is 0.726. The Labute approximate surface area is 104 Å². The second-order valence-corrected chi connectivity index (χ2v) is 5.49. The molecule has 2 unspecified atom stereocenters. The van der Waals surface area contributed by atoms with Gasteiger partial charge in [-0.3, -0.25) is 4.90 Å². The normalized spacial score (nSPS) is 29.2. The van der Waals surface area contributed by atoms with Crippen molar-refractivity contribution in [2.75, 3.05) is 19.6 Å². The van der Waals surface area contributed by atoms with Gasteiger partial charge in [0.1, 0.15) is 0 Å². The fourth-order valence-corrected chi connectivity index (χ4v) is 3.45. The molecule has 1 fully saturated rings. The predicted octanol–water partition coefficient (Wildman–Crippen LogP) is 2.34.